The predicted octanol–water partition coefficient (Wildman–Crippen LogP) is 4.53. The second-order valence-corrected chi connectivity index (χ2v) is 8.23. The third kappa shape index (κ3) is 4.01. The van der Waals surface area contributed by atoms with Crippen molar-refractivity contribution in [2.24, 2.45) is 5.10 Å². The number of hydrogen-bond donors (Lipinski definition) is 2. The van der Waals surface area contributed by atoms with Crippen molar-refractivity contribution in [3.05, 3.63) is 68.5 Å². The Bertz CT molecular complexity index is 1110. The Kier molecular flexibility index (Phi) is 5.59. The summed E-state index contributed by atoms with van der Waals surface area (Å²) in [4.78, 5) is 29.1. The molecule has 1 aliphatic rings. The van der Waals surface area contributed by atoms with Gasteiger partial charge in [-0.3, -0.25) is 14.9 Å². The van der Waals surface area contributed by atoms with E-state index in [1.165, 1.54) is 11.3 Å². The average molecular weight is 473 g/mol. The van der Waals surface area contributed by atoms with Crippen LogP contribution in [0.5, 0.6) is 0 Å². The Balaban J connectivity index is 1.58. The van der Waals surface area contributed by atoms with Gasteiger partial charge in [-0.1, -0.05) is 12.1 Å². The summed E-state index contributed by atoms with van der Waals surface area (Å²) < 4.78 is 6.55. The predicted molar refractivity (Wildman–Crippen MR) is 115 cm³/mol. The molecule has 2 amide bonds. The maximum Gasteiger partial charge on any atom is 0.293 e. The first-order valence-corrected chi connectivity index (χ1v) is 10.7. The zero-order chi connectivity index (χ0) is 20.4. The molecule has 0 unspecified atom stereocenters. The van der Waals surface area contributed by atoms with Crippen LogP contribution in [0, 0.1) is 6.92 Å². The molecule has 0 saturated heterocycles. The van der Waals surface area contributed by atoms with E-state index in [0.717, 1.165) is 18.4 Å². The molecule has 0 fully saturated rings. The lowest BCUT2D eigenvalue weighted by molar-refractivity contribution is 0.0952. The first-order valence-electron chi connectivity index (χ1n) is 8.99. The number of anilines is 1. The number of amides is 2. The van der Waals surface area contributed by atoms with E-state index in [1.807, 2.05) is 13.0 Å². The molecule has 2 aromatic heterocycles. The number of benzene rings is 1. The highest BCUT2D eigenvalue weighted by Gasteiger charge is 2.28. The van der Waals surface area contributed by atoms with Crippen LogP contribution in [0.1, 0.15) is 50.6 Å². The number of carbonyl (C=O) groups is 2. The summed E-state index contributed by atoms with van der Waals surface area (Å²) in [5.74, 6) is 0.312. The summed E-state index contributed by atoms with van der Waals surface area (Å²) in [5.41, 5.74) is 5.34. The lowest BCUT2D eigenvalue weighted by Gasteiger charge is -2.13. The van der Waals surface area contributed by atoms with Crippen LogP contribution in [-0.4, -0.2) is 22.5 Å². The summed E-state index contributed by atoms with van der Waals surface area (Å²) in [5, 5.41) is 9.38. The van der Waals surface area contributed by atoms with Crippen LogP contribution >= 0.6 is 27.3 Å². The first kappa shape index (κ1) is 19.5. The van der Waals surface area contributed by atoms with Crippen LogP contribution in [-0.2, 0) is 6.42 Å². The highest BCUT2D eigenvalue weighted by molar-refractivity contribution is 9.10. The molecule has 0 spiro atoms. The second-order valence-electron chi connectivity index (χ2n) is 6.48. The largest absolute Gasteiger partial charge is 0.455 e. The van der Waals surface area contributed by atoms with Crippen LogP contribution < -0.4 is 10.7 Å². The molecule has 0 aliphatic heterocycles. The van der Waals surface area contributed by atoms with Crippen molar-refractivity contribution in [2.45, 2.75) is 26.2 Å². The van der Waals surface area contributed by atoms with Gasteiger partial charge in [0.1, 0.15) is 5.76 Å². The van der Waals surface area contributed by atoms with Gasteiger partial charge in [0.2, 0.25) is 0 Å². The third-order valence-corrected chi connectivity index (χ3v) is 5.98. The molecule has 2 N–H and O–H groups in total. The maximum atomic E-state index is 12.6. The number of hydrogen-bond acceptors (Lipinski definition) is 6. The molecule has 7 nitrogen and oxygen atoms in total. The molecule has 4 rings (SSSR count). The van der Waals surface area contributed by atoms with Gasteiger partial charge in [-0.05, 0) is 47.8 Å². The van der Waals surface area contributed by atoms with E-state index >= 15 is 0 Å². The van der Waals surface area contributed by atoms with Gasteiger partial charge in [-0.2, -0.15) is 5.10 Å². The van der Waals surface area contributed by atoms with Crippen molar-refractivity contribution in [3.8, 4) is 0 Å². The highest BCUT2D eigenvalue weighted by atomic mass is 79.9. The molecule has 1 aliphatic carbocycles. The zero-order valence-corrected chi connectivity index (χ0v) is 17.9. The molecule has 0 bridgehead atoms. The summed E-state index contributed by atoms with van der Waals surface area (Å²) in [6, 6.07) is 7.15. The Morgan fingerprint density at radius 2 is 2.07 bits per heavy atom. The zero-order valence-electron chi connectivity index (χ0n) is 15.5. The van der Waals surface area contributed by atoms with Crippen molar-refractivity contribution in [1.82, 2.24) is 10.4 Å². The average Bonchev–Trinajstić information content (AvgIpc) is 3.34. The van der Waals surface area contributed by atoms with Gasteiger partial charge in [-0.25, -0.2) is 10.4 Å². The van der Waals surface area contributed by atoms with Gasteiger partial charge < -0.3 is 4.42 Å². The van der Waals surface area contributed by atoms with E-state index in [4.69, 9.17) is 4.42 Å². The Morgan fingerprint density at radius 3 is 2.83 bits per heavy atom. The van der Waals surface area contributed by atoms with E-state index < -0.39 is 0 Å². The Morgan fingerprint density at radius 1 is 1.24 bits per heavy atom. The molecule has 2 heterocycles. The van der Waals surface area contributed by atoms with Gasteiger partial charge in [0.25, 0.3) is 11.8 Å². The number of furan rings is 1. The molecule has 1 aromatic carbocycles. The number of halogens is 1. The standard InChI is InChI=1S/C20H17BrN4O3S/c1-11-16-14(24-25-18(26)12-5-2-3-6-13(12)21)7-4-8-15(16)28-17(11)19(27)23-20-22-9-10-29-20/h2-3,5-6,9-10H,4,7-8H2,1H3,(H,25,26)(H,22,23,27)/b24-14+. The number of carbonyl (C=O) groups excluding carboxylic acids is 2. The van der Waals surface area contributed by atoms with Crippen molar-refractivity contribution in [3.63, 3.8) is 0 Å². The van der Waals surface area contributed by atoms with E-state index in [1.54, 1.807) is 29.8 Å². The molecular formula is C20H17BrN4O3S. The minimum atomic E-state index is -0.344. The van der Waals surface area contributed by atoms with Crippen molar-refractivity contribution in [2.75, 3.05) is 5.32 Å². The van der Waals surface area contributed by atoms with Crippen LogP contribution in [0.2, 0.25) is 0 Å². The van der Waals surface area contributed by atoms with E-state index in [0.29, 0.717) is 38.6 Å². The van der Waals surface area contributed by atoms with Crippen molar-refractivity contribution >= 4 is 49.9 Å². The van der Waals surface area contributed by atoms with Crippen LogP contribution in [0.25, 0.3) is 0 Å². The summed E-state index contributed by atoms with van der Waals surface area (Å²) in [6.07, 6.45) is 3.87. The lowest BCUT2D eigenvalue weighted by atomic mass is 9.93. The topological polar surface area (TPSA) is 96.6 Å². The van der Waals surface area contributed by atoms with Gasteiger partial charge in [0.15, 0.2) is 10.9 Å². The van der Waals surface area contributed by atoms with Gasteiger partial charge in [0, 0.05) is 33.6 Å². The van der Waals surface area contributed by atoms with Crippen LogP contribution in [0.15, 0.2) is 49.8 Å². The number of thiazole rings is 1. The number of aromatic nitrogens is 1. The van der Waals surface area contributed by atoms with Crippen LogP contribution in [0.4, 0.5) is 5.13 Å². The Labute approximate surface area is 179 Å². The quantitative estimate of drug-likeness (QED) is 0.545. The number of hydrazone groups is 1. The number of nitrogens with zero attached hydrogens (tertiary/aromatic N) is 2. The van der Waals surface area contributed by atoms with Gasteiger partial charge in [-0.15, -0.1) is 11.3 Å². The SMILES string of the molecule is Cc1c(C(=O)Nc2nccs2)oc2c1/C(=N/NC(=O)c1ccccc1Br)CCC2. The van der Waals surface area contributed by atoms with E-state index in [2.05, 4.69) is 36.8 Å². The van der Waals surface area contributed by atoms with E-state index in [-0.39, 0.29) is 17.6 Å². The minimum Gasteiger partial charge on any atom is -0.455 e. The molecule has 0 radical (unpaired) electrons. The van der Waals surface area contributed by atoms with Crippen molar-refractivity contribution in [1.29, 1.82) is 0 Å². The minimum absolute atomic E-state index is 0.247. The molecule has 0 atom stereocenters. The van der Waals surface area contributed by atoms with Gasteiger partial charge >= 0.3 is 0 Å². The molecule has 29 heavy (non-hydrogen) atoms. The smallest absolute Gasteiger partial charge is 0.293 e. The number of rotatable bonds is 4. The molecule has 3 aromatic rings. The first-order chi connectivity index (χ1) is 14.0. The summed E-state index contributed by atoms with van der Waals surface area (Å²) in [6.45, 7) is 1.83. The monoisotopic (exact) mass is 472 g/mol. The second kappa shape index (κ2) is 8.30. The fourth-order valence-electron chi connectivity index (χ4n) is 3.26. The lowest BCUT2D eigenvalue weighted by Crippen LogP contribution is -2.22. The number of fused-ring (bicyclic) bond motifs is 1. The third-order valence-electron chi connectivity index (χ3n) is 4.60. The normalized spacial score (nSPS) is 14.5. The highest BCUT2D eigenvalue weighted by Crippen LogP contribution is 2.30. The maximum absolute atomic E-state index is 12.6. The Hall–Kier alpha value is -2.78. The fourth-order valence-corrected chi connectivity index (χ4v) is 4.25. The van der Waals surface area contributed by atoms with Crippen molar-refractivity contribution < 1.29 is 14.0 Å². The molecule has 148 valence electrons. The van der Waals surface area contributed by atoms with Gasteiger partial charge in [0.05, 0.1) is 11.3 Å². The number of nitrogens with one attached hydrogen (secondary N) is 2. The molecular weight excluding hydrogens is 456 g/mol. The van der Waals surface area contributed by atoms with Crippen LogP contribution in [0.3, 0.4) is 0 Å². The molecule has 9 heteroatoms. The van der Waals surface area contributed by atoms with E-state index in [9.17, 15) is 9.59 Å². The number of aryl methyl sites for hydroxylation is 1. The molecule has 0 saturated carbocycles. The summed E-state index contributed by atoms with van der Waals surface area (Å²) in [7, 11) is 0. The fraction of sp³-hybridized carbons (Fsp3) is 0.200. The summed E-state index contributed by atoms with van der Waals surface area (Å²) >= 11 is 4.71.